The highest BCUT2D eigenvalue weighted by Gasteiger charge is 2.10. The Labute approximate surface area is 145 Å². The van der Waals surface area contributed by atoms with Crippen molar-refractivity contribution in [1.82, 2.24) is 4.98 Å². The summed E-state index contributed by atoms with van der Waals surface area (Å²) in [5, 5.41) is 3.41. The molecule has 0 saturated carbocycles. The molecule has 1 aromatic heterocycles. The second-order valence-corrected chi connectivity index (χ2v) is 7.04. The number of hydrogen-bond acceptors (Lipinski definition) is 4. The number of nitrogens with zero attached hydrogens (tertiary/aromatic N) is 1. The number of ether oxygens (including phenoxy) is 1. The van der Waals surface area contributed by atoms with E-state index in [0.717, 1.165) is 15.8 Å². The molecule has 4 nitrogen and oxygen atoms in total. The zero-order valence-electron chi connectivity index (χ0n) is 14.0. The van der Waals surface area contributed by atoms with E-state index in [0.29, 0.717) is 16.8 Å². The first kappa shape index (κ1) is 16.5. The van der Waals surface area contributed by atoms with Crippen molar-refractivity contribution in [2.24, 2.45) is 0 Å². The fraction of sp³-hybridized carbons (Fsp3) is 0.263. The number of hydrogen-bond donors (Lipinski definition) is 1. The Balaban J connectivity index is 1.63. The van der Waals surface area contributed by atoms with Gasteiger partial charge in [-0.05, 0) is 42.2 Å². The fourth-order valence-corrected chi connectivity index (χ4v) is 3.37. The Kier molecular flexibility index (Phi) is 4.81. The quantitative estimate of drug-likeness (QED) is 0.729. The van der Waals surface area contributed by atoms with Crippen LogP contribution in [0.2, 0.25) is 0 Å². The molecule has 0 unspecified atom stereocenters. The van der Waals surface area contributed by atoms with Crippen LogP contribution in [0.5, 0.6) is 5.75 Å². The van der Waals surface area contributed by atoms with Gasteiger partial charge < -0.3 is 4.74 Å². The van der Waals surface area contributed by atoms with E-state index >= 15 is 0 Å². The number of amides is 1. The van der Waals surface area contributed by atoms with Gasteiger partial charge in [-0.2, -0.15) is 0 Å². The first-order valence-electron chi connectivity index (χ1n) is 7.91. The van der Waals surface area contributed by atoms with Gasteiger partial charge in [-0.1, -0.05) is 49.4 Å². The first-order chi connectivity index (χ1) is 11.5. The van der Waals surface area contributed by atoms with Crippen LogP contribution in [0.15, 0.2) is 42.5 Å². The van der Waals surface area contributed by atoms with Crippen molar-refractivity contribution in [1.29, 1.82) is 0 Å². The van der Waals surface area contributed by atoms with Crippen molar-refractivity contribution >= 4 is 32.6 Å². The number of para-hydroxylation sites is 1. The predicted octanol–water partition coefficient (Wildman–Crippen LogP) is 4.75. The lowest BCUT2D eigenvalue weighted by atomic mass is 10.0. The molecule has 0 aliphatic heterocycles. The van der Waals surface area contributed by atoms with Gasteiger partial charge in [0.25, 0.3) is 5.91 Å². The number of nitrogens with one attached hydrogen (secondary N) is 1. The van der Waals surface area contributed by atoms with Gasteiger partial charge in [-0.15, -0.1) is 0 Å². The molecule has 0 aliphatic carbocycles. The van der Waals surface area contributed by atoms with E-state index in [-0.39, 0.29) is 12.5 Å². The predicted molar refractivity (Wildman–Crippen MR) is 99.0 cm³/mol. The number of benzene rings is 2. The molecular formula is C19H20N2O2S. The molecule has 3 rings (SSSR count). The SMILES string of the molecule is Cc1cccc2sc(NC(=O)COc3cccc(C(C)C)c3)nc12. The highest BCUT2D eigenvalue weighted by molar-refractivity contribution is 7.22. The van der Waals surface area contributed by atoms with Gasteiger partial charge in [-0.3, -0.25) is 10.1 Å². The van der Waals surface area contributed by atoms with Crippen molar-refractivity contribution in [3.05, 3.63) is 53.6 Å². The highest BCUT2D eigenvalue weighted by atomic mass is 32.1. The van der Waals surface area contributed by atoms with E-state index in [4.69, 9.17) is 4.74 Å². The van der Waals surface area contributed by atoms with Crippen LogP contribution in [0.1, 0.15) is 30.9 Å². The van der Waals surface area contributed by atoms with Gasteiger partial charge in [0.15, 0.2) is 11.7 Å². The number of anilines is 1. The minimum Gasteiger partial charge on any atom is -0.484 e. The number of rotatable bonds is 5. The maximum absolute atomic E-state index is 12.1. The Morgan fingerprint density at radius 3 is 2.79 bits per heavy atom. The molecule has 0 aliphatic rings. The lowest BCUT2D eigenvalue weighted by molar-refractivity contribution is -0.118. The van der Waals surface area contributed by atoms with Crippen LogP contribution in [0.4, 0.5) is 5.13 Å². The average Bonchev–Trinajstić information content (AvgIpc) is 2.97. The van der Waals surface area contributed by atoms with Gasteiger partial charge in [0, 0.05) is 0 Å². The van der Waals surface area contributed by atoms with Gasteiger partial charge in [0.05, 0.1) is 10.2 Å². The van der Waals surface area contributed by atoms with Gasteiger partial charge in [0.1, 0.15) is 5.75 Å². The first-order valence-corrected chi connectivity index (χ1v) is 8.73. The topological polar surface area (TPSA) is 51.2 Å². The summed E-state index contributed by atoms with van der Waals surface area (Å²) < 4.78 is 6.66. The molecule has 0 atom stereocenters. The highest BCUT2D eigenvalue weighted by Crippen LogP contribution is 2.27. The second kappa shape index (κ2) is 7.01. The van der Waals surface area contributed by atoms with Crippen molar-refractivity contribution in [2.75, 3.05) is 11.9 Å². The Morgan fingerprint density at radius 1 is 1.25 bits per heavy atom. The Bertz CT molecular complexity index is 871. The van der Waals surface area contributed by atoms with E-state index in [1.54, 1.807) is 0 Å². The van der Waals surface area contributed by atoms with Crippen molar-refractivity contribution in [2.45, 2.75) is 26.7 Å². The molecule has 3 aromatic rings. The maximum Gasteiger partial charge on any atom is 0.264 e. The van der Waals surface area contributed by atoms with Crippen LogP contribution < -0.4 is 10.1 Å². The van der Waals surface area contributed by atoms with E-state index < -0.39 is 0 Å². The number of fused-ring (bicyclic) bond motifs is 1. The zero-order valence-corrected chi connectivity index (χ0v) is 14.8. The normalized spacial score (nSPS) is 11.0. The molecule has 124 valence electrons. The van der Waals surface area contributed by atoms with E-state index in [2.05, 4.69) is 30.2 Å². The molecule has 1 N–H and O–H groups in total. The van der Waals surface area contributed by atoms with Crippen LogP contribution in [-0.4, -0.2) is 17.5 Å². The van der Waals surface area contributed by atoms with Gasteiger partial charge >= 0.3 is 0 Å². The third kappa shape index (κ3) is 3.74. The summed E-state index contributed by atoms with van der Waals surface area (Å²) in [5.74, 6) is 0.923. The molecule has 0 saturated heterocycles. The summed E-state index contributed by atoms with van der Waals surface area (Å²) in [5.41, 5.74) is 3.23. The van der Waals surface area contributed by atoms with Crippen molar-refractivity contribution in [3.63, 3.8) is 0 Å². The maximum atomic E-state index is 12.1. The monoisotopic (exact) mass is 340 g/mol. The Morgan fingerprint density at radius 2 is 2.04 bits per heavy atom. The van der Waals surface area contributed by atoms with E-state index in [1.165, 1.54) is 16.9 Å². The summed E-state index contributed by atoms with van der Waals surface area (Å²) in [4.78, 5) is 16.6. The second-order valence-electron chi connectivity index (χ2n) is 6.00. The lowest BCUT2D eigenvalue weighted by Crippen LogP contribution is -2.20. The number of thiazole rings is 1. The standard InChI is InChI=1S/C19H20N2O2S/c1-12(2)14-7-5-8-15(10-14)23-11-17(22)20-19-21-18-13(3)6-4-9-16(18)24-19/h4-10,12H,11H2,1-3H3,(H,20,21,22). The zero-order chi connectivity index (χ0) is 17.1. The number of carbonyl (C=O) groups excluding carboxylic acids is 1. The summed E-state index contributed by atoms with van der Waals surface area (Å²) in [6, 6.07) is 13.8. The molecule has 1 amide bonds. The smallest absolute Gasteiger partial charge is 0.264 e. The molecule has 0 spiro atoms. The molecule has 2 aromatic carbocycles. The van der Waals surface area contributed by atoms with Crippen LogP contribution in [0, 0.1) is 6.92 Å². The summed E-state index contributed by atoms with van der Waals surface area (Å²) in [6.45, 7) is 6.23. The third-order valence-corrected chi connectivity index (χ3v) is 4.70. The summed E-state index contributed by atoms with van der Waals surface area (Å²) in [7, 11) is 0. The van der Waals surface area contributed by atoms with Crippen LogP contribution in [-0.2, 0) is 4.79 Å². The van der Waals surface area contributed by atoms with E-state index in [1.807, 2.05) is 43.3 Å². The molecule has 0 bridgehead atoms. The third-order valence-electron chi connectivity index (χ3n) is 3.76. The number of aryl methyl sites for hydroxylation is 1. The van der Waals surface area contributed by atoms with Crippen LogP contribution >= 0.6 is 11.3 Å². The minimum absolute atomic E-state index is 0.0313. The largest absolute Gasteiger partial charge is 0.484 e. The summed E-state index contributed by atoms with van der Waals surface area (Å²) >= 11 is 1.47. The van der Waals surface area contributed by atoms with Gasteiger partial charge in [0.2, 0.25) is 0 Å². The molecule has 1 heterocycles. The Hall–Kier alpha value is -2.40. The van der Waals surface area contributed by atoms with Crippen molar-refractivity contribution < 1.29 is 9.53 Å². The average molecular weight is 340 g/mol. The molecule has 0 fully saturated rings. The van der Waals surface area contributed by atoms with E-state index in [9.17, 15) is 4.79 Å². The summed E-state index contributed by atoms with van der Waals surface area (Å²) in [6.07, 6.45) is 0. The number of carbonyl (C=O) groups is 1. The minimum atomic E-state index is -0.207. The molecule has 5 heteroatoms. The number of aromatic nitrogens is 1. The molecule has 0 radical (unpaired) electrons. The van der Waals surface area contributed by atoms with Crippen LogP contribution in [0.3, 0.4) is 0 Å². The molecular weight excluding hydrogens is 320 g/mol. The van der Waals surface area contributed by atoms with Crippen molar-refractivity contribution in [3.8, 4) is 5.75 Å². The van der Waals surface area contributed by atoms with Crippen LogP contribution in [0.25, 0.3) is 10.2 Å². The fourth-order valence-electron chi connectivity index (χ4n) is 2.41. The lowest BCUT2D eigenvalue weighted by Gasteiger charge is -2.09. The van der Waals surface area contributed by atoms with Gasteiger partial charge in [-0.25, -0.2) is 4.98 Å². The molecule has 24 heavy (non-hydrogen) atoms.